The van der Waals surface area contributed by atoms with Crippen LogP contribution in [0.1, 0.15) is 32.6 Å². The van der Waals surface area contributed by atoms with Gasteiger partial charge in [-0.05, 0) is 42.6 Å². The van der Waals surface area contributed by atoms with Crippen LogP contribution in [0, 0.1) is 6.92 Å². The standard InChI is InChI=1S/C16H16N2O/c1-11-7-13(10-18-8-11)16(19)15-4-2-3-12-9-17-6-5-14(12)15/h2-4,7-8,10,17H,5-6,9H2,1H3. The molecular weight excluding hydrogens is 236 g/mol. The number of aryl methyl sites for hydroxylation is 1. The van der Waals surface area contributed by atoms with Crippen molar-refractivity contribution in [2.75, 3.05) is 6.54 Å². The van der Waals surface area contributed by atoms with Crippen molar-refractivity contribution < 1.29 is 4.79 Å². The van der Waals surface area contributed by atoms with Crippen molar-refractivity contribution in [3.05, 3.63) is 64.5 Å². The number of nitrogens with zero attached hydrogens (tertiary/aromatic N) is 1. The van der Waals surface area contributed by atoms with E-state index in [9.17, 15) is 4.79 Å². The van der Waals surface area contributed by atoms with E-state index in [-0.39, 0.29) is 5.78 Å². The lowest BCUT2D eigenvalue weighted by Crippen LogP contribution is -2.25. The Bertz CT molecular complexity index is 634. The number of fused-ring (bicyclic) bond motifs is 1. The van der Waals surface area contributed by atoms with E-state index in [1.807, 2.05) is 25.1 Å². The molecule has 3 rings (SSSR count). The largest absolute Gasteiger partial charge is 0.312 e. The van der Waals surface area contributed by atoms with Crippen LogP contribution in [-0.4, -0.2) is 17.3 Å². The molecule has 0 radical (unpaired) electrons. The van der Waals surface area contributed by atoms with Crippen molar-refractivity contribution in [1.29, 1.82) is 0 Å². The Balaban J connectivity index is 2.05. The molecule has 0 unspecified atom stereocenters. The van der Waals surface area contributed by atoms with Crippen molar-refractivity contribution in [1.82, 2.24) is 10.3 Å². The molecule has 2 aromatic rings. The summed E-state index contributed by atoms with van der Waals surface area (Å²) in [4.78, 5) is 16.7. The first-order chi connectivity index (χ1) is 9.25. The fourth-order valence-corrected chi connectivity index (χ4v) is 2.58. The topological polar surface area (TPSA) is 42.0 Å². The SMILES string of the molecule is Cc1cncc(C(=O)c2cccc3c2CCNC3)c1. The minimum absolute atomic E-state index is 0.0787. The third-order valence-electron chi connectivity index (χ3n) is 3.52. The third kappa shape index (κ3) is 2.29. The van der Waals surface area contributed by atoms with Gasteiger partial charge < -0.3 is 5.32 Å². The van der Waals surface area contributed by atoms with Crippen molar-refractivity contribution in [3.63, 3.8) is 0 Å². The van der Waals surface area contributed by atoms with Gasteiger partial charge in [0.15, 0.2) is 5.78 Å². The summed E-state index contributed by atoms with van der Waals surface area (Å²) in [5.41, 5.74) is 4.93. The highest BCUT2D eigenvalue weighted by molar-refractivity contribution is 6.10. The number of ketones is 1. The summed E-state index contributed by atoms with van der Waals surface area (Å²) < 4.78 is 0. The molecule has 1 aromatic carbocycles. The van der Waals surface area contributed by atoms with Crippen LogP contribution in [0.4, 0.5) is 0 Å². The molecule has 19 heavy (non-hydrogen) atoms. The van der Waals surface area contributed by atoms with Gasteiger partial charge in [-0.3, -0.25) is 9.78 Å². The first-order valence-corrected chi connectivity index (χ1v) is 6.53. The van der Waals surface area contributed by atoms with Crippen LogP contribution in [0.5, 0.6) is 0 Å². The number of hydrogen-bond donors (Lipinski definition) is 1. The van der Waals surface area contributed by atoms with Gasteiger partial charge in [-0.2, -0.15) is 0 Å². The molecule has 1 N–H and O–H groups in total. The Kier molecular flexibility index (Phi) is 3.13. The van der Waals surface area contributed by atoms with E-state index in [0.29, 0.717) is 5.56 Å². The van der Waals surface area contributed by atoms with Gasteiger partial charge in [-0.25, -0.2) is 0 Å². The Morgan fingerprint density at radius 2 is 2.21 bits per heavy atom. The lowest BCUT2D eigenvalue weighted by atomic mass is 9.91. The highest BCUT2D eigenvalue weighted by Gasteiger charge is 2.18. The molecule has 1 aliphatic heterocycles. The molecule has 0 amide bonds. The fraction of sp³-hybridized carbons (Fsp3) is 0.250. The van der Waals surface area contributed by atoms with Crippen LogP contribution < -0.4 is 5.32 Å². The van der Waals surface area contributed by atoms with E-state index in [2.05, 4.69) is 16.4 Å². The zero-order valence-electron chi connectivity index (χ0n) is 10.9. The molecule has 1 aliphatic rings. The van der Waals surface area contributed by atoms with Crippen molar-refractivity contribution >= 4 is 5.78 Å². The molecule has 1 aromatic heterocycles. The average Bonchev–Trinajstić information content (AvgIpc) is 2.46. The second-order valence-electron chi connectivity index (χ2n) is 4.95. The highest BCUT2D eigenvalue weighted by Crippen LogP contribution is 2.21. The van der Waals surface area contributed by atoms with E-state index < -0.39 is 0 Å². The summed E-state index contributed by atoms with van der Waals surface area (Å²) in [5, 5.41) is 3.33. The van der Waals surface area contributed by atoms with E-state index in [1.165, 1.54) is 11.1 Å². The first-order valence-electron chi connectivity index (χ1n) is 6.53. The Morgan fingerprint density at radius 3 is 3.05 bits per heavy atom. The number of benzene rings is 1. The number of nitrogens with one attached hydrogen (secondary N) is 1. The van der Waals surface area contributed by atoms with Crippen molar-refractivity contribution in [3.8, 4) is 0 Å². The predicted molar refractivity (Wildman–Crippen MR) is 74.3 cm³/mol. The molecular formula is C16H16N2O. The van der Waals surface area contributed by atoms with Crippen LogP contribution in [0.3, 0.4) is 0 Å². The second-order valence-corrected chi connectivity index (χ2v) is 4.95. The van der Waals surface area contributed by atoms with Crippen LogP contribution in [0.15, 0.2) is 36.7 Å². The quantitative estimate of drug-likeness (QED) is 0.834. The van der Waals surface area contributed by atoms with Gasteiger partial charge in [0.25, 0.3) is 0 Å². The smallest absolute Gasteiger partial charge is 0.194 e. The minimum atomic E-state index is 0.0787. The van der Waals surface area contributed by atoms with Gasteiger partial charge >= 0.3 is 0 Å². The zero-order valence-corrected chi connectivity index (χ0v) is 10.9. The van der Waals surface area contributed by atoms with E-state index in [1.54, 1.807) is 12.4 Å². The zero-order chi connectivity index (χ0) is 13.2. The van der Waals surface area contributed by atoms with Gasteiger partial charge in [-0.15, -0.1) is 0 Å². The number of pyridine rings is 1. The summed E-state index contributed by atoms with van der Waals surface area (Å²) >= 11 is 0. The second kappa shape index (κ2) is 4.94. The first kappa shape index (κ1) is 12.1. The molecule has 0 saturated heterocycles. The van der Waals surface area contributed by atoms with E-state index in [4.69, 9.17) is 0 Å². The summed E-state index contributed by atoms with van der Waals surface area (Å²) in [6.45, 7) is 3.74. The number of rotatable bonds is 2. The monoisotopic (exact) mass is 252 g/mol. The molecule has 2 heterocycles. The maximum atomic E-state index is 12.6. The number of aromatic nitrogens is 1. The van der Waals surface area contributed by atoms with Gasteiger partial charge in [-0.1, -0.05) is 18.2 Å². The number of hydrogen-bond acceptors (Lipinski definition) is 3. The Hall–Kier alpha value is -2.00. The van der Waals surface area contributed by atoms with Gasteiger partial charge in [0.2, 0.25) is 0 Å². The Labute approximate surface area is 112 Å². The summed E-state index contributed by atoms with van der Waals surface area (Å²) in [5.74, 6) is 0.0787. The molecule has 0 saturated carbocycles. The predicted octanol–water partition coefficient (Wildman–Crippen LogP) is 2.27. The summed E-state index contributed by atoms with van der Waals surface area (Å²) in [6, 6.07) is 7.87. The van der Waals surface area contributed by atoms with E-state index >= 15 is 0 Å². The molecule has 96 valence electrons. The number of carbonyl (C=O) groups excluding carboxylic acids is 1. The lowest BCUT2D eigenvalue weighted by Gasteiger charge is -2.19. The number of carbonyl (C=O) groups is 1. The summed E-state index contributed by atoms with van der Waals surface area (Å²) in [7, 11) is 0. The lowest BCUT2D eigenvalue weighted by molar-refractivity contribution is 0.103. The van der Waals surface area contributed by atoms with Gasteiger partial charge in [0.1, 0.15) is 0 Å². The third-order valence-corrected chi connectivity index (χ3v) is 3.52. The minimum Gasteiger partial charge on any atom is -0.312 e. The van der Waals surface area contributed by atoms with Crippen molar-refractivity contribution in [2.24, 2.45) is 0 Å². The van der Waals surface area contributed by atoms with Crippen LogP contribution >= 0.6 is 0 Å². The Morgan fingerprint density at radius 1 is 1.32 bits per heavy atom. The summed E-state index contributed by atoms with van der Waals surface area (Å²) in [6.07, 6.45) is 4.33. The molecule has 0 aliphatic carbocycles. The maximum Gasteiger partial charge on any atom is 0.194 e. The van der Waals surface area contributed by atoms with Gasteiger partial charge in [0, 0.05) is 30.1 Å². The van der Waals surface area contributed by atoms with Crippen LogP contribution in [-0.2, 0) is 13.0 Å². The molecule has 3 heteroatoms. The molecule has 0 spiro atoms. The molecule has 0 bridgehead atoms. The van der Waals surface area contributed by atoms with Crippen LogP contribution in [0.25, 0.3) is 0 Å². The van der Waals surface area contributed by atoms with E-state index in [0.717, 1.165) is 30.6 Å². The highest BCUT2D eigenvalue weighted by atomic mass is 16.1. The molecule has 0 fully saturated rings. The average molecular weight is 252 g/mol. The maximum absolute atomic E-state index is 12.6. The normalized spacial score (nSPS) is 13.9. The van der Waals surface area contributed by atoms with Gasteiger partial charge in [0.05, 0.1) is 0 Å². The molecule has 3 nitrogen and oxygen atoms in total. The van der Waals surface area contributed by atoms with Crippen molar-refractivity contribution in [2.45, 2.75) is 19.9 Å². The molecule has 0 atom stereocenters. The fourth-order valence-electron chi connectivity index (χ4n) is 2.58. The van der Waals surface area contributed by atoms with Crippen LogP contribution in [0.2, 0.25) is 0 Å².